The molecule has 1 amide bonds. The number of hydrogen-bond donors (Lipinski definition) is 2. The van der Waals surface area contributed by atoms with E-state index in [1.54, 1.807) is 22.6 Å². The third kappa shape index (κ3) is 4.87. The van der Waals surface area contributed by atoms with Gasteiger partial charge in [-0.25, -0.2) is 9.97 Å². The molecular weight excluding hydrogens is 486 g/mol. The Morgan fingerprint density at radius 3 is 2.97 bits per heavy atom. The Morgan fingerprint density at radius 1 is 1.27 bits per heavy atom. The van der Waals surface area contributed by atoms with Gasteiger partial charge in [0.1, 0.15) is 22.7 Å². The van der Waals surface area contributed by atoms with Gasteiger partial charge in [0.2, 0.25) is 5.91 Å². The van der Waals surface area contributed by atoms with Gasteiger partial charge < -0.3 is 19.9 Å². The molecule has 194 valence electrons. The molecule has 37 heavy (non-hydrogen) atoms. The normalized spacial score (nSPS) is 17.8. The minimum atomic E-state index is 0.0315. The number of nitrogens with zero attached hydrogens (tertiary/aromatic N) is 5. The fraction of sp³-hybridized carbons (Fsp3) is 0.481. The average Bonchev–Trinajstić information content (AvgIpc) is 3.65. The van der Waals surface area contributed by atoms with Gasteiger partial charge in [-0.05, 0) is 63.2 Å². The van der Waals surface area contributed by atoms with Crippen LogP contribution in [0.25, 0.3) is 21.1 Å². The highest BCUT2D eigenvalue weighted by atomic mass is 32.1. The molecule has 2 N–H and O–H groups in total. The number of nitrogens with one attached hydrogen (secondary N) is 2. The van der Waals surface area contributed by atoms with Crippen molar-refractivity contribution >= 4 is 49.9 Å². The molecular formula is C27H33N7O2S. The largest absolute Gasteiger partial charge is 0.491 e. The third-order valence-electron chi connectivity index (χ3n) is 7.50. The fourth-order valence-corrected chi connectivity index (χ4v) is 6.84. The van der Waals surface area contributed by atoms with Crippen LogP contribution in [0, 0.1) is 5.92 Å². The summed E-state index contributed by atoms with van der Waals surface area (Å²) in [7, 11) is 3.67. The minimum Gasteiger partial charge on any atom is -0.491 e. The van der Waals surface area contributed by atoms with Crippen LogP contribution in [-0.2, 0) is 17.6 Å². The van der Waals surface area contributed by atoms with E-state index in [1.165, 1.54) is 36.4 Å². The first-order valence-corrected chi connectivity index (χ1v) is 13.9. The first-order valence-electron chi connectivity index (χ1n) is 13.1. The van der Waals surface area contributed by atoms with E-state index in [1.807, 2.05) is 26.4 Å². The molecule has 0 spiro atoms. The topological polar surface area (TPSA) is 99.3 Å². The number of benzene rings is 1. The Kier molecular flexibility index (Phi) is 6.69. The van der Waals surface area contributed by atoms with Crippen LogP contribution in [-0.4, -0.2) is 76.2 Å². The van der Waals surface area contributed by atoms with Crippen molar-refractivity contribution in [2.75, 3.05) is 45.7 Å². The van der Waals surface area contributed by atoms with Crippen LogP contribution in [0.1, 0.15) is 36.1 Å². The van der Waals surface area contributed by atoms with E-state index >= 15 is 0 Å². The molecule has 2 aliphatic rings. The number of amides is 1. The number of carbonyl (C=O) groups excluding carboxylic acids is 1. The SMILES string of the molecule is CN(C)C(=O)C1CCc2c(sc3ncnc(Nc4cc5cn[nH]c5cc4OCCCN4CCCC4)c23)C1. The van der Waals surface area contributed by atoms with Crippen molar-refractivity contribution in [1.82, 2.24) is 30.0 Å². The van der Waals surface area contributed by atoms with E-state index in [9.17, 15) is 4.79 Å². The maximum atomic E-state index is 12.6. The van der Waals surface area contributed by atoms with Gasteiger partial charge in [-0.3, -0.25) is 9.89 Å². The van der Waals surface area contributed by atoms with Crippen LogP contribution < -0.4 is 10.1 Å². The van der Waals surface area contributed by atoms with Crippen molar-refractivity contribution in [3.8, 4) is 5.75 Å². The molecule has 1 atom stereocenters. The smallest absolute Gasteiger partial charge is 0.225 e. The summed E-state index contributed by atoms with van der Waals surface area (Å²) in [4.78, 5) is 28.2. The summed E-state index contributed by atoms with van der Waals surface area (Å²) in [5.41, 5.74) is 3.08. The van der Waals surface area contributed by atoms with Gasteiger partial charge in [0.05, 0.1) is 29.4 Å². The van der Waals surface area contributed by atoms with Crippen LogP contribution in [0.15, 0.2) is 24.7 Å². The molecule has 1 unspecified atom stereocenters. The van der Waals surface area contributed by atoms with Crippen molar-refractivity contribution in [3.63, 3.8) is 0 Å². The van der Waals surface area contributed by atoms with Gasteiger partial charge in [-0.1, -0.05) is 0 Å². The molecule has 1 aromatic carbocycles. The molecule has 1 aliphatic carbocycles. The van der Waals surface area contributed by atoms with E-state index in [0.29, 0.717) is 6.61 Å². The van der Waals surface area contributed by atoms with Gasteiger partial charge in [0.25, 0.3) is 0 Å². The summed E-state index contributed by atoms with van der Waals surface area (Å²) >= 11 is 1.68. The number of anilines is 2. The number of aromatic amines is 1. The number of carbonyl (C=O) groups is 1. The zero-order valence-electron chi connectivity index (χ0n) is 21.4. The van der Waals surface area contributed by atoms with E-state index in [4.69, 9.17) is 4.74 Å². The Bertz CT molecular complexity index is 1420. The second-order valence-electron chi connectivity index (χ2n) is 10.3. The monoisotopic (exact) mass is 519 g/mol. The second kappa shape index (κ2) is 10.3. The highest BCUT2D eigenvalue weighted by Crippen LogP contribution is 2.42. The summed E-state index contributed by atoms with van der Waals surface area (Å²) in [6, 6.07) is 4.08. The molecule has 4 aromatic rings. The fourth-order valence-electron chi connectivity index (χ4n) is 5.57. The Labute approximate surface area is 220 Å². The van der Waals surface area contributed by atoms with Gasteiger partial charge in [-0.2, -0.15) is 5.10 Å². The summed E-state index contributed by atoms with van der Waals surface area (Å²) in [5.74, 6) is 1.80. The van der Waals surface area contributed by atoms with Crippen LogP contribution in [0.2, 0.25) is 0 Å². The number of likely N-dealkylation sites (tertiary alicyclic amines) is 1. The lowest BCUT2D eigenvalue weighted by Crippen LogP contribution is -2.32. The number of ether oxygens (including phenoxy) is 1. The summed E-state index contributed by atoms with van der Waals surface area (Å²) in [6.45, 7) is 4.12. The standard InChI is InChI=1S/C27H33N7O2S/c1-33(2)27(35)17-6-7-19-23(13-17)37-26-24(19)25(28-16-29-26)31-21-12-18-15-30-32-20(18)14-22(21)36-11-5-10-34-8-3-4-9-34/h12,14-17H,3-11,13H2,1-2H3,(H,30,32)(H,28,29,31). The van der Waals surface area contributed by atoms with Crippen molar-refractivity contribution < 1.29 is 9.53 Å². The maximum Gasteiger partial charge on any atom is 0.225 e. The van der Waals surface area contributed by atoms with Crippen LogP contribution in [0.3, 0.4) is 0 Å². The van der Waals surface area contributed by atoms with Crippen LogP contribution in [0.4, 0.5) is 11.5 Å². The van der Waals surface area contributed by atoms with Gasteiger partial charge >= 0.3 is 0 Å². The lowest BCUT2D eigenvalue weighted by molar-refractivity contribution is -0.133. The summed E-state index contributed by atoms with van der Waals surface area (Å²) < 4.78 is 6.30. The van der Waals surface area contributed by atoms with Crippen LogP contribution in [0.5, 0.6) is 5.75 Å². The Morgan fingerprint density at radius 2 is 2.14 bits per heavy atom. The first-order chi connectivity index (χ1) is 18.1. The molecule has 10 heteroatoms. The highest BCUT2D eigenvalue weighted by Gasteiger charge is 2.30. The molecule has 1 saturated heterocycles. The predicted octanol–water partition coefficient (Wildman–Crippen LogP) is 4.37. The van der Waals surface area contributed by atoms with E-state index < -0.39 is 0 Å². The number of fused-ring (bicyclic) bond motifs is 4. The van der Waals surface area contributed by atoms with E-state index in [0.717, 1.165) is 70.6 Å². The molecule has 1 aliphatic heterocycles. The Balaban J connectivity index is 1.27. The molecule has 4 heterocycles. The molecule has 1 fully saturated rings. The minimum absolute atomic E-state index is 0.0315. The molecule has 9 nitrogen and oxygen atoms in total. The third-order valence-corrected chi connectivity index (χ3v) is 8.67. The van der Waals surface area contributed by atoms with E-state index in [-0.39, 0.29) is 11.8 Å². The van der Waals surface area contributed by atoms with Crippen molar-refractivity contribution in [1.29, 1.82) is 0 Å². The maximum absolute atomic E-state index is 12.6. The number of hydrogen-bond acceptors (Lipinski definition) is 8. The van der Waals surface area contributed by atoms with Crippen LogP contribution >= 0.6 is 11.3 Å². The zero-order valence-corrected chi connectivity index (χ0v) is 22.2. The number of rotatable bonds is 8. The second-order valence-corrected chi connectivity index (χ2v) is 11.3. The quantitative estimate of drug-likeness (QED) is 0.334. The van der Waals surface area contributed by atoms with E-state index in [2.05, 4.69) is 36.4 Å². The molecule has 3 aromatic heterocycles. The predicted molar refractivity (Wildman–Crippen MR) is 147 cm³/mol. The molecule has 6 rings (SSSR count). The van der Waals surface area contributed by atoms with Gasteiger partial charge in [-0.15, -0.1) is 11.3 Å². The zero-order chi connectivity index (χ0) is 25.4. The average molecular weight is 520 g/mol. The number of aryl methyl sites for hydroxylation is 1. The highest BCUT2D eigenvalue weighted by molar-refractivity contribution is 7.19. The Hall–Kier alpha value is -3.24. The van der Waals surface area contributed by atoms with Crippen molar-refractivity contribution in [2.45, 2.75) is 38.5 Å². The molecule has 0 radical (unpaired) electrons. The number of H-pyrrole nitrogens is 1. The lowest BCUT2D eigenvalue weighted by Gasteiger charge is -2.24. The van der Waals surface area contributed by atoms with Gasteiger partial charge in [0.15, 0.2) is 0 Å². The summed E-state index contributed by atoms with van der Waals surface area (Å²) in [6.07, 6.45) is 9.49. The number of aromatic nitrogens is 4. The first kappa shape index (κ1) is 24.1. The molecule has 0 bridgehead atoms. The van der Waals surface area contributed by atoms with Crippen molar-refractivity contribution in [2.24, 2.45) is 5.92 Å². The lowest BCUT2D eigenvalue weighted by atomic mass is 9.87. The molecule has 0 saturated carbocycles. The van der Waals surface area contributed by atoms with Gasteiger partial charge in [0, 0.05) is 42.9 Å². The van der Waals surface area contributed by atoms with Crippen molar-refractivity contribution in [3.05, 3.63) is 35.1 Å². The summed E-state index contributed by atoms with van der Waals surface area (Å²) in [5, 5.41) is 12.9. The number of thiophene rings is 1.